The second kappa shape index (κ2) is 9.17. The van der Waals surface area contributed by atoms with Crippen LogP contribution in [0.2, 0.25) is 0 Å². The van der Waals surface area contributed by atoms with E-state index < -0.39 is 7.92 Å². The van der Waals surface area contributed by atoms with E-state index in [9.17, 15) is 4.79 Å². The van der Waals surface area contributed by atoms with Crippen molar-refractivity contribution in [1.29, 1.82) is 0 Å². The Labute approximate surface area is 168 Å². The molecule has 142 valence electrons. The summed E-state index contributed by atoms with van der Waals surface area (Å²) in [7, 11) is -0.783. The second-order valence-corrected chi connectivity index (χ2v) is 9.52. The molecule has 0 aliphatic heterocycles. The van der Waals surface area contributed by atoms with Crippen LogP contribution in [0.4, 0.5) is 0 Å². The standard InChI is InChI=1S/C25H26NOP/c27-25(26-20-12-4-1-5-13-20)23-18-10-11-19-24(23)28(21-14-6-2-7-15-21)22-16-8-3-9-17-22/h2-3,6-11,14-20H,1,4-5,12-13H2,(H,26,27). The summed E-state index contributed by atoms with van der Waals surface area (Å²) >= 11 is 0. The maximum Gasteiger partial charge on any atom is 0.252 e. The zero-order chi connectivity index (χ0) is 19.2. The molecule has 0 bridgehead atoms. The number of rotatable bonds is 5. The average Bonchev–Trinajstić information content (AvgIpc) is 2.76. The van der Waals surface area contributed by atoms with Gasteiger partial charge in [0.1, 0.15) is 0 Å². The number of nitrogens with one attached hydrogen (secondary N) is 1. The molecule has 0 spiro atoms. The van der Waals surface area contributed by atoms with Crippen LogP contribution in [0.25, 0.3) is 0 Å². The fraction of sp³-hybridized carbons (Fsp3) is 0.240. The van der Waals surface area contributed by atoms with E-state index in [2.05, 4.69) is 59.9 Å². The van der Waals surface area contributed by atoms with Gasteiger partial charge in [0.15, 0.2) is 0 Å². The first kappa shape index (κ1) is 18.9. The van der Waals surface area contributed by atoms with E-state index in [1.54, 1.807) is 0 Å². The van der Waals surface area contributed by atoms with Crippen LogP contribution in [-0.4, -0.2) is 11.9 Å². The molecule has 28 heavy (non-hydrogen) atoms. The van der Waals surface area contributed by atoms with Crippen LogP contribution in [-0.2, 0) is 0 Å². The molecule has 1 fully saturated rings. The number of hydrogen-bond donors (Lipinski definition) is 1. The van der Waals surface area contributed by atoms with E-state index in [0.717, 1.165) is 23.7 Å². The minimum Gasteiger partial charge on any atom is -0.349 e. The van der Waals surface area contributed by atoms with Crippen molar-refractivity contribution in [2.75, 3.05) is 0 Å². The van der Waals surface area contributed by atoms with Crippen LogP contribution in [0.15, 0.2) is 84.9 Å². The molecule has 0 radical (unpaired) electrons. The third-order valence-corrected chi connectivity index (χ3v) is 7.86. The summed E-state index contributed by atoms with van der Waals surface area (Å²) in [6.45, 7) is 0. The normalized spacial score (nSPS) is 14.8. The second-order valence-electron chi connectivity index (χ2n) is 7.33. The molecule has 3 aromatic carbocycles. The highest BCUT2D eigenvalue weighted by Gasteiger charge is 2.24. The molecule has 0 heterocycles. The van der Waals surface area contributed by atoms with E-state index in [4.69, 9.17) is 0 Å². The van der Waals surface area contributed by atoms with Crippen LogP contribution in [0, 0.1) is 0 Å². The molecule has 3 heteroatoms. The molecule has 1 amide bonds. The molecule has 0 atom stereocenters. The zero-order valence-electron chi connectivity index (χ0n) is 16.1. The number of hydrogen-bond acceptors (Lipinski definition) is 1. The Morgan fingerprint density at radius 1 is 0.714 bits per heavy atom. The summed E-state index contributed by atoms with van der Waals surface area (Å²) in [5.41, 5.74) is 0.812. The monoisotopic (exact) mass is 387 g/mol. The number of amides is 1. The van der Waals surface area contributed by atoms with Gasteiger partial charge in [-0.1, -0.05) is 98.1 Å². The Morgan fingerprint density at radius 3 is 1.86 bits per heavy atom. The lowest BCUT2D eigenvalue weighted by Crippen LogP contribution is -2.38. The third-order valence-electron chi connectivity index (χ3n) is 5.36. The van der Waals surface area contributed by atoms with Crippen LogP contribution in [0.1, 0.15) is 42.5 Å². The quantitative estimate of drug-likeness (QED) is 0.642. The minimum absolute atomic E-state index is 0.0712. The predicted molar refractivity (Wildman–Crippen MR) is 119 cm³/mol. The lowest BCUT2D eigenvalue weighted by molar-refractivity contribution is 0.0929. The van der Waals surface area contributed by atoms with Gasteiger partial charge in [0.05, 0.1) is 0 Å². The van der Waals surface area contributed by atoms with Gasteiger partial charge in [-0.25, -0.2) is 0 Å². The molecule has 0 saturated heterocycles. The Kier molecular flexibility index (Phi) is 6.19. The molecule has 1 saturated carbocycles. The first-order chi connectivity index (χ1) is 13.8. The number of carbonyl (C=O) groups is 1. The summed E-state index contributed by atoms with van der Waals surface area (Å²) in [5, 5.41) is 6.96. The van der Waals surface area contributed by atoms with Gasteiger partial charge in [-0.2, -0.15) is 0 Å². The van der Waals surface area contributed by atoms with Crippen molar-refractivity contribution in [3.05, 3.63) is 90.5 Å². The van der Waals surface area contributed by atoms with Crippen LogP contribution in [0.5, 0.6) is 0 Å². The van der Waals surface area contributed by atoms with E-state index in [1.165, 1.54) is 29.9 Å². The van der Waals surface area contributed by atoms with E-state index in [0.29, 0.717) is 6.04 Å². The summed E-state index contributed by atoms with van der Waals surface area (Å²) < 4.78 is 0. The maximum atomic E-state index is 13.2. The van der Waals surface area contributed by atoms with Crippen molar-refractivity contribution < 1.29 is 4.79 Å². The fourth-order valence-corrected chi connectivity index (χ4v) is 6.40. The molecule has 0 unspecified atom stereocenters. The van der Waals surface area contributed by atoms with Crippen LogP contribution < -0.4 is 21.2 Å². The number of benzene rings is 3. The highest BCUT2D eigenvalue weighted by Crippen LogP contribution is 2.34. The molecule has 1 N–H and O–H groups in total. The molecule has 2 nitrogen and oxygen atoms in total. The van der Waals surface area contributed by atoms with Gasteiger partial charge in [-0.05, 0) is 42.7 Å². The number of carbonyl (C=O) groups excluding carboxylic acids is 1. The summed E-state index contributed by atoms with van der Waals surface area (Å²) in [6, 6.07) is 29.6. The predicted octanol–water partition coefficient (Wildman–Crippen LogP) is 4.51. The van der Waals surface area contributed by atoms with Crippen LogP contribution in [0.3, 0.4) is 0 Å². The molecular formula is C25H26NOP. The van der Waals surface area contributed by atoms with Gasteiger partial charge in [0.25, 0.3) is 5.91 Å². The largest absolute Gasteiger partial charge is 0.349 e. The maximum absolute atomic E-state index is 13.2. The molecule has 3 aromatic rings. The average molecular weight is 387 g/mol. The van der Waals surface area contributed by atoms with Crippen molar-refractivity contribution >= 4 is 29.7 Å². The smallest absolute Gasteiger partial charge is 0.252 e. The summed E-state index contributed by atoms with van der Waals surface area (Å²) in [4.78, 5) is 13.2. The molecular weight excluding hydrogens is 361 g/mol. The van der Waals surface area contributed by atoms with Crippen molar-refractivity contribution in [2.45, 2.75) is 38.1 Å². The van der Waals surface area contributed by atoms with Crippen molar-refractivity contribution in [2.24, 2.45) is 0 Å². The van der Waals surface area contributed by atoms with Gasteiger partial charge in [0.2, 0.25) is 0 Å². The van der Waals surface area contributed by atoms with Crippen LogP contribution >= 0.6 is 7.92 Å². The minimum atomic E-state index is -0.783. The lowest BCUT2D eigenvalue weighted by atomic mass is 9.95. The van der Waals surface area contributed by atoms with Crippen molar-refractivity contribution in [3.8, 4) is 0 Å². The van der Waals surface area contributed by atoms with Gasteiger partial charge in [-0.3, -0.25) is 4.79 Å². The zero-order valence-corrected chi connectivity index (χ0v) is 16.9. The van der Waals surface area contributed by atoms with Gasteiger partial charge in [0, 0.05) is 11.6 Å². The molecule has 1 aliphatic carbocycles. The van der Waals surface area contributed by atoms with Gasteiger partial charge < -0.3 is 5.32 Å². The topological polar surface area (TPSA) is 29.1 Å². The Balaban J connectivity index is 1.72. The van der Waals surface area contributed by atoms with E-state index in [-0.39, 0.29) is 5.91 Å². The van der Waals surface area contributed by atoms with E-state index >= 15 is 0 Å². The molecule has 1 aliphatic rings. The van der Waals surface area contributed by atoms with Gasteiger partial charge >= 0.3 is 0 Å². The first-order valence-electron chi connectivity index (χ1n) is 10.1. The Hall–Kier alpha value is -2.44. The summed E-state index contributed by atoms with van der Waals surface area (Å²) in [6.07, 6.45) is 5.91. The third kappa shape index (κ3) is 4.34. The van der Waals surface area contributed by atoms with Crippen molar-refractivity contribution in [1.82, 2.24) is 5.32 Å². The lowest BCUT2D eigenvalue weighted by Gasteiger charge is -2.25. The van der Waals surface area contributed by atoms with E-state index in [1.807, 2.05) is 30.3 Å². The Morgan fingerprint density at radius 2 is 1.25 bits per heavy atom. The summed E-state index contributed by atoms with van der Waals surface area (Å²) in [5.74, 6) is 0.0712. The fourth-order valence-electron chi connectivity index (χ4n) is 3.95. The Bertz CT molecular complexity index is 865. The SMILES string of the molecule is O=C(NC1CCCCC1)c1ccccc1P(c1ccccc1)c1ccccc1. The highest BCUT2D eigenvalue weighted by atomic mass is 31.1. The molecule has 0 aromatic heterocycles. The first-order valence-corrected chi connectivity index (χ1v) is 11.5. The van der Waals surface area contributed by atoms with Crippen molar-refractivity contribution in [3.63, 3.8) is 0 Å². The highest BCUT2D eigenvalue weighted by molar-refractivity contribution is 7.80. The molecule has 4 rings (SSSR count). The van der Waals surface area contributed by atoms with Gasteiger partial charge in [-0.15, -0.1) is 0 Å².